The Morgan fingerprint density at radius 1 is 1.10 bits per heavy atom. The molecule has 2 aromatic heterocycles. The molecular weight excluding hydrogens is 561 g/mol. The molecule has 0 saturated carbocycles. The summed E-state index contributed by atoms with van der Waals surface area (Å²) in [6.45, 7) is 3.68. The lowest BCUT2D eigenvalue weighted by Crippen LogP contribution is -2.49. The Kier molecular flexibility index (Phi) is 7.21. The first-order valence-electron chi connectivity index (χ1n) is 13.4. The largest absolute Gasteiger partial charge is 0.378 e. The third kappa shape index (κ3) is 5.41. The summed E-state index contributed by atoms with van der Waals surface area (Å²) in [5.41, 5.74) is 1.68. The van der Waals surface area contributed by atoms with Gasteiger partial charge in [0.15, 0.2) is 5.65 Å². The van der Waals surface area contributed by atoms with Gasteiger partial charge in [-0.25, -0.2) is 17.8 Å². The number of alkyl halides is 1. The quantitative estimate of drug-likeness (QED) is 0.465. The van der Waals surface area contributed by atoms with Crippen molar-refractivity contribution in [2.45, 2.75) is 31.5 Å². The number of morpholine rings is 1. The molecule has 1 aromatic carbocycles. The number of likely N-dealkylation sites (tertiary alicyclic amines) is 1. The number of carbonyl (C=O) groups is 1. The van der Waals surface area contributed by atoms with E-state index in [2.05, 4.69) is 9.62 Å². The standard InChI is InChI=1S/C26H31ClFN7O4S/c1-40(37,38)31-20-6-5-17(27)12-19(20)26(36)34-7-3-2-4-22(34)21-13-24-29-23(33-15-18(28)16-33)14-25(35(24)30-21)32-8-10-39-11-9-32/h5-6,12-14,18,22,31H,2-4,7-11,15-16H2,1H3/t22-/m0/s1. The second-order valence-corrected chi connectivity index (χ2v) is 12.7. The van der Waals surface area contributed by atoms with Gasteiger partial charge in [-0.15, -0.1) is 0 Å². The zero-order valence-corrected chi connectivity index (χ0v) is 23.7. The fraction of sp³-hybridized carbons (Fsp3) is 0.500. The topological polar surface area (TPSA) is 112 Å². The monoisotopic (exact) mass is 591 g/mol. The molecule has 1 atom stereocenters. The van der Waals surface area contributed by atoms with Crippen LogP contribution in [0.1, 0.15) is 41.4 Å². The Morgan fingerprint density at radius 3 is 2.60 bits per heavy atom. The van der Waals surface area contributed by atoms with Gasteiger partial charge in [-0.05, 0) is 37.5 Å². The Morgan fingerprint density at radius 2 is 1.88 bits per heavy atom. The Hall–Kier alpha value is -3.16. The second kappa shape index (κ2) is 10.7. The minimum absolute atomic E-state index is 0.179. The fourth-order valence-corrected chi connectivity index (χ4v) is 6.29. The molecule has 5 heterocycles. The van der Waals surface area contributed by atoms with Crippen molar-refractivity contribution in [1.82, 2.24) is 19.5 Å². The van der Waals surface area contributed by atoms with Crippen LogP contribution in [0.25, 0.3) is 5.65 Å². The average molecular weight is 592 g/mol. The summed E-state index contributed by atoms with van der Waals surface area (Å²) in [4.78, 5) is 24.5. The van der Waals surface area contributed by atoms with E-state index in [0.29, 0.717) is 74.5 Å². The predicted octanol–water partition coefficient (Wildman–Crippen LogP) is 3.12. The number of ether oxygens (including phenoxy) is 1. The number of nitrogens with zero attached hydrogens (tertiary/aromatic N) is 6. The van der Waals surface area contributed by atoms with Crippen molar-refractivity contribution in [3.8, 4) is 0 Å². The minimum atomic E-state index is -3.62. The molecule has 0 radical (unpaired) electrons. The van der Waals surface area contributed by atoms with Gasteiger partial charge >= 0.3 is 0 Å². The molecule has 6 rings (SSSR count). The van der Waals surface area contributed by atoms with Crippen molar-refractivity contribution in [2.75, 3.05) is 66.7 Å². The molecule has 3 aliphatic heterocycles. The summed E-state index contributed by atoms with van der Waals surface area (Å²) < 4.78 is 47.4. The molecule has 1 amide bonds. The van der Waals surface area contributed by atoms with E-state index in [1.807, 2.05) is 17.0 Å². The molecule has 214 valence electrons. The minimum Gasteiger partial charge on any atom is -0.378 e. The third-order valence-corrected chi connectivity index (χ3v) is 8.35. The molecule has 0 unspecified atom stereocenters. The summed E-state index contributed by atoms with van der Waals surface area (Å²) in [7, 11) is -3.62. The van der Waals surface area contributed by atoms with Crippen molar-refractivity contribution < 1.29 is 22.3 Å². The number of hydrogen-bond acceptors (Lipinski definition) is 8. The number of fused-ring (bicyclic) bond motifs is 1. The van der Waals surface area contributed by atoms with Crippen LogP contribution < -0.4 is 14.5 Å². The van der Waals surface area contributed by atoms with Gasteiger partial charge in [-0.2, -0.15) is 9.61 Å². The fourth-order valence-electron chi connectivity index (χ4n) is 5.54. The van der Waals surface area contributed by atoms with E-state index < -0.39 is 16.2 Å². The number of hydrogen-bond donors (Lipinski definition) is 1. The molecule has 14 heteroatoms. The maximum Gasteiger partial charge on any atom is 0.256 e. The van der Waals surface area contributed by atoms with E-state index in [0.717, 1.165) is 24.9 Å². The van der Waals surface area contributed by atoms with E-state index in [-0.39, 0.29) is 23.2 Å². The van der Waals surface area contributed by atoms with Gasteiger partial charge < -0.3 is 19.4 Å². The number of carbonyl (C=O) groups excluding carboxylic acids is 1. The molecule has 40 heavy (non-hydrogen) atoms. The van der Waals surface area contributed by atoms with Crippen LogP contribution in [0, 0.1) is 0 Å². The molecule has 3 fully saturated rings. The summed E-state index contributed by atoms with van der Waals surface area (Å²) in [6, 6.07) is 8.03. The number of benzene rings is 1. The lowest BCUT2D eigenvalue weighted by Gasteiger charge is -2.36. The highest BCUT2D eigenvalue weighted by Crippen LogP contribution is 2.35. The molecule has 0 aliphatic carbocycles. The number of sulfonamides is 1. The van der Waals surface area contributed by atoms with Crippen molar-refractivity contribution in [1.29, 1.82) is 0 Å². The summed E-state index contributed by atoms with van der Waals surface area (Å²) >= 11 is 6.22. The number of anilines is 3. The number of amides is 1. The maximum absolute atomic E-state index is 13.9. The van der Waals surface area contributed by atoms with Gasteiger partial charge in [0, 0.05) is 36.8 Å². The first kappa shape index (κ1) is 27.0. The van der Waals surface area contributed by atoms with Crippen LogP contribution in [-0.2, 0) is 14.8 Å². The highest BCUT2D eigenvalue weighted by Gasteiger charge is 2.34. The number of aromatic nitrogens is 3. The zero-order chi connectivity index (χ0) is 28.0. The van der Waals surface area contributed by atoms with Crippen molar-refractivity contribution in [2.24, 2.45) is 0 Å². The van der Waals surface area contributed by atoms with E-state index in [4.69, 9.17) is 26.4 Å². The van der Waals surface area contributed by atoms with Gasteiger partial charge in [0.05, 0.1) is 55.5 Å². The van der Waals surface area contributed by atoms with Crippen molar-refractivity contribution >= 4 is 50.5 Å². The number of piperidine rings is 1. The smallest absolute Gasteiger partial charge is 0.256 e. The van der Waals surface area contributed by atoms with Crippen molar-refractivity contribution in [3.63, 3.8) is 0 Å². The highest BCUT2D eigenvalue weighted by atomic mass is 35.5. The van der Waals surface area contributed by atoms with E-state index >= 15 is 0 Å². The SMILES string of the molecule is CS(=O)(=O)Nc1ccc(Cl)cc1C(=O)N1CCCC[C@H]1c1cc2nc(N3CC(F)C3)cc(N3CCOCC3)n2n1. The first-order chi connectivity index (χ1) is 19.2. The lowest BCUT2D eigenvalue weighted by molar-refractivity contribution is 0.0607. The first-order valence-corrected chi connectivity index (χ1v) is 15.6. The van der Waals surface area contributed by atoms with Crippen LogP contribution in [0.4, 0.5) is 21.7 Å². The van der Waals surface area contributed by atoms with Gasteiger partial charge in [0.2, 0.25) is 10.0 Å². The van der Waals surface area contributed by atoms with Crippen LogP contribution >= 0.6 is 11.6 Å². The van der Waals surface area contributed by atoms with Crippen LogP contribution in [0.5, 0.6) is 0 Å². The lowest BCUT2D eigenvalue weighted by atomic mass is 9.98. The van der Waals surface area contributed by atoms with Crippen LogP contribution in [-0.4, -0.2) is 92.2 Å². The highest BCUT2D eigenvalue weighted by molar-refractivity contribution is 7.92. The normalized spacial score (nSPS) is 20.6. The van der Waals surface area contributed by atoms with E-state index in [1.165, 1.54) is 12.1 Å². The molecule has 3 saturated heterocycles. The molecule has 1 N–H and O–H groups in total. The van der Waals surface area contributed by atoms with Gasteiger partial charge in [-0.1, -0.05) is 11.6 Å². The van der Waals surface area contributed by atoms with Gasteiger partial charge in [-0.3, -0.25) is 9.52 Å². The van der Waals surface area contributed by atoms with E-state index in [9.17, 15) is 17.6 Å². The zero-order valence-electron chi connectivity index (χ0n) is 22.1. The summed E-state index contributed by atoms with van der Waals surface area (Å²) in [6.07, 6.45) is 2.59. The summed E-state index contributed by atoms with van der Waals surface area (Å²) in [5.74, 6) is 1.22. The predicted molar refractivity (Wildman–Crippen MR) is 151 cm³/mol. The van der Waals surface area contributed by atoms with Gasteiger partial charge in [0.1, 0.15) is 17.8 Å². The molecule has 3 aliphatic rings. The molecule has 0 bridgehead atoms. The maximum atomic E-state index is 13.9. The number of nitrogens with one attached hydrogen (secondary N) is 1. The Balaban J connectivity index is 1.38. The summed E-state index contributed by atoms with van der Waals surface area (Å²) in [5, 5.41) is 5.27. The Labute approximate surface area is 236 Å². The van der Waals surface area contributed by atoms with E-state index in [1.54, 1.807) is 15.5 Å². The van der Waals surface area contributed by atoms with Crippen LogP contribution in [0.15, 0.2) is 30.3 Å². The molecule has 0 spiro atoms. The van der Waals surface area contributed by atoms with Crippen LogP contribution in [0.2, 0.25) is 5.02 Å². The van der Waals surface area contributed by atoms with Crippen LogP contribution in [0.3, 0.4) is 0 Å². The number of rotatable bonds is 6. The average Bonchev–Trinajstić information content (AvgIpc) is 3.35. The van der Waals surface area contributed by atoms with Crippen molar-refractivity contribution in [3.05, 3.63) is 46.6 Å². The second-order valence-electron chi connectivity index (χ2n) is 10.5. The molecule has 3 aromatic rings. The molecule has 11 nitrogen and oxygen atoms in total. The van der Waals surface area contributed by atoms with Gasteiger partial charge in [0.25, 0.3) is 5.91 Å². The number of halogens is 2. The molecular formula is C26H31ClFN7O4S. The third-order valence-electron chi connectivity index (χ3n) is 7.52. The Bertz CT molecular complexity index is 1540.